The third-order valence-electron chi connectivity index (χ3n) is 2.63. The quantitative estimate of drug-likeness (QED) is 0.504. The third kappa shape index (κ3) is 2.39. The Morgan fingerprint density at radius 3 is 2.44 bits per heavy atom. The Balaban J connectivity index is 3.35. The van der Waals surface area contributed by atoms with Crippen LogP contribution in [0.1, 0.15) is 24.2 Å². The highest BCUT2D eigenvalue weighted by Crippen LogP contribution is 2.28. The number of benzene rings is 1. The summed E-state index contributed by atoms with van der Waals surface area (Å²) in [5.41, 5.74) is 4.17. The summed E-state index contributed by atoms with van der Waals surface area (Å²) in [6, 6.07) is 1.83. The van der Waals surface area contributed by atoms with Crippen molar-refractivity contribution >= 4 is 17.3 Å². The molecule has 1 amide bonds. The van der Waals surface area contributed by atoms with Crippen molar-refractivity contribution in [1.82, 2.24) is 4.90 Å². The molecule has 1 aromatic carbocycles. The van der Waals surface area contributed by atoms with Crippen LogP contribution in [0.2, 0.25) is 0 Å². The molecular weight excluding hydrogens is 241 g/mol. The maximum absolute atomic E-state index is 13.6. The van der Waals surface area contributed by atoms with E-state index in [1.165, 1.54) is 4.90 Å². The molecule has 0 unspecified atom stereocenters. The van der Waals surface area contributed by atoms with Crippen molar-refractivity contribution in [2.24, 2.45) is 0 Å². The summed E-state index contributed by atoms with van der Waals surface area (Å²) in [6.45, 7) is 4.20. The number of nitro groups is 1. The van der Waals surface area contributed by atoms with Crippen molar-refractivity contribution in [2.75, 3.05) is 18.8 Å². The minimum Gasteiger partial charge on any atom is -0.392 e. The first-order chi connectivity index (χ1) is 8.43. The Bertz CT molecular complexity index is 487. The molecule has 0 aliphatic carbocycles. The second kappa shape index (κ2) is 5.44. The number of amides is 1. The average Bonchev–Trinajstić information content (AvgIpc) is 2.30. The molecule has 0 aromatic heterocycles. The fraction of sp³-hybridized carbons (Fsp3) is 0.364. The van der Waals surface area contributed by atoms with E-state index in [1.54, 1.807) is 13.8 Å². The molecule has 2 N–H and O–H groups in total. The van der Waals surface area contributed by atoms with Gasteiger partial charge in [-0.3, -0.25) is 14.9 Å². The molecule has 18 heavy (non-hydrogen) atoms. The molecule has 0 aliphatic heterocycles. The Labute approximate surface area is 103 Å². The summed E-state index contributed by atoms with van der Waals surface area (Å²) in [7, 11) is 0. The number of hydrogen-bond donors (Lipinski definition) is 1. The minimum atomic E-state index is -0.852. The van der Waals surface area contributed by atoms with Crippen LogP contribution in [0, 0.1) is 15.9 Å². The molecule has 0 atom stereocenters. The smallest absolute Gasteiger partial charge is 0.293 e. The van der Waals surface area contributed by atoms with E-state index in [4.69, 9.17) is 5.73 Å². The maximum Gasteiger partial charge on any atom is 0.293 e. The van der Waals surface area contributed by atoms with Crippen molar-refractivity contribution in [3.63, 3.8) is 0 Å². The minimum absolute atomic E-state index is 0.372. The molecule has 1 rings (SSSR count). The highest BCUT2D eigenvalue weighted by atomic mass is 19.1. The van der Waals surface area contributed by atoms with Gasteiger partial charge in [-0.25, -0.2) is 4.39 Å². The monoisotopic (exact) mass is 255 g/mol. The lowest BCUT2D eigenvalue weighted by atomic mass is 10.1. The standard InChI is InChI=1S/C11H14FN3O3/c1-3-14(4-2)11(16)9-7(12)5-6-8(10(9)13)15(17)18/h5-6H,3-4,13H2,1-2H3. The first kappa shape index (κ1) is 13.9. The number of halogens is 1. The van der Waals surface area contributed by atoms with E-state index in [2.05, 4.69) is 0 Å². The summed E-state index contributed by atoms with van der Waals surface area (Å²) in [4.78, 5) is 23.3. The van der Waals surface area contributed by atoms with Gasteiger partial charge in [0.25, 0.3) is 11.6 Å². The molecule has 1 aromatic rings. The number of nitrogens with zero attached hydrogens (tertiary/aromatic N) is 2. The molecule has 98 valence electrons. The van der Waals surface area contributed by atoms with Crippen molar-refractivity contribution in [1.29, 1.82) is 0 Å². The topological polar surface area (TPSA) is 89.5 Å². The largest absolute Gasteiger partial charge is 0.392 e. The predicted octanol–water partition coefficient (Wildman–Crippen LogP) is 1.80. The van der Waals surface area contributed by atoms with Crippen LogP contribution in [0.5, 0.6) is 0 Å². The summed E-state index contributed by atoms with van der Waals surface area (Å²) >= 11 is 0. The van der Waals surface area contributed by atoms with Crippen LogP contribution in [0.15, 0.2) is 12.1 Å². The maximum atomic E-state index is 13.6. The van der Waals surface area contributed by atoms with Crippen LogP contribution in [0.25, 0.3) is 0 Å². The summed E-state index contributed by atoms with van der Waals surface area (Å²) in [5, 5.41) is 10.7. The van der Waals surface area contributed by atoms with Crippen LogP contribution >= 0.6 is 0 Å². The molecule has 0 heterocycles. The lowest BCUT2D eigenvalue weighted by Gasteiger charge is -2.19. The van der Waals surface area contributed by atoms with Crippen LogP contribution in [-0.4, -0.2) is 28.8 Å². The van der Waals surface area contributed by atoms with Gasteiger partial charge >= 0.3 is 0 Å². The number of nitrogens with two attached hydrogens (primary N) is 1. The highest BCUT2D eigenvalue weighted by molar-refractivity contribution is 6.01. The number of nitro benzene ring substituents is 1. The second-order valence-electron chi connectivity index (χ2n) is 3.59. The van der Waals surface area contributed by atoms with Gasteiger partial charge in [0.2, 0.25) is 0 Å². The molecule has 0 saturated heterocycles. The van der Waals surface area contributed by atoms with E-state index < -0.39 is 33.6 Å². The van der Waals surface area contributed by atoms with Crippen molar-refractivity contribution in [3.05, 3.63) is 33.6 Å². The average molecular weight is 255 g/mol. The molecule has 0 bridgehead atoms. The zero-order valence-corrected chi connectivity index (χ0v) is 10.1. The Morgan fingerprint density at radius 1 is 1.44 bits per heavy atom. The van der Waals surface area contributed by atoms with Crippen LogP contribution in [0.3, 0.4) is 0 Å². The summed E-state index contributed by atoms with van der Waals surface area (Å²) < 4.78 is 13.6. The van der Waals surface area contributed by atoms with E-state index in [1.807, 2.05) is 0 Å². The zero-order valence-electron chi connectivity index (χ0n) is 10.1. The molecular formula is C11H14FN3O3. The SMILES string of the molecule is CCN(CC)C(=O)c1c(F)ccc([N+](=O)[O-])c1N. The van der Waals surface area contributed by atoms with E-state index in [-0.39, 0.29) is 0 Å². The first-order valence-corrected chi connectivity index (χ1v) is 5.45. The molecule has 0 saturated carbocycles. The number of rotatable bonds is 4. The molecule has 6 nitrogen and oxygen atoms in total. The van der Waals surface area contributed by atoms with Gasteiger partial charge in [-0.1, -0.05) is 0 Å². The Kier molecular flexibility index (Phi) is 4.19. The van der Waals surface area contributed by atoms with Gasteiger partial charge in [-0.05, 0) is 19.9 Å². The van der Waals surface area contributed by atoms with Gasteiger partial charge in [0.1, 0.15) is 17.1 Å². The number of carbonyl (C=O) groups is 1. The lowest BCUT2D eigenvalue weighted by molar-refractivity contribution is -0.384. The zero-order chi connectivity index (χ0) is 13.9. The molecule has 7 heteroatoms. The van der Waals surface area contributed by atoms with Gasteiger partial charge in [-0.2, -0.15) is 0 Å². The lowest BCUT2D eigenvalue weighted by Crippen LogP contribution is -2.32. The van der Waals surface area contributed by atoms with Gasteiger partial charge in [-0.15, -0.1) is 0 Å². The Hall–Kier alpha value is -2.18. The van der Waals surface area contributed by atoms with E-state index >= 15 is 0 Å². The van der Waals surface area contributed by atoms with Gasteiger partial charge < -0.3 is 10.6 Å². The van der Waals surface area contributed by atoms with E-state index in [0.717, 1.165) is 12.1 Å². The van der Waals surface area contributed by atoms with E-state index in [0.29, 0.717) is 13.1 Å². The Morgan fingerprint density at radius 2 is 2.00 bits per heavy atom. The fourth-order valence-corrected chi connectivity index (χ4v) is 1.63. The van der Waals surface area contributed by atoms with Crippen molar-refractivity contribution < 1.29 is 14.1 Å². The normalized spacial score (nSPS) is 10.2. The van der Waals surface area contributed by atoms with Crippen molar-refractivity contribution in [3.8, 4) is 0 Å². The number of anilines is 1. The van der Waals surface area contributed by atoms with Gasteiger partial charge in [0.15, 0.2) is 0 Å². The third-order valence-corrected chi connectivity index (χ3v) is 2.63. The van der Waals surface area contributed by atoms with Crippen molar-refractivity contribution in [2.45, 2.75) is 13.8 Å². The van der Waals surface area contributed by atoms with Gasteiger partial charge in [0, 0.05) is 19.2 Å². The predicted molar refractivity (Wildman–Crippen MR) is 64.7 cm³/mol. The number of hydrogen-bond acceptors (Lipinski definition) is 4. The highest BCUT2D eigenvalue weighted by Gasteiger charge is 2.26. The van der Waals surface area contributed by atoms with Gasteiger partial charge in [0.05, 0.1) is 4.92 Å². The number of carbonyl (C=O) groups excluding carboxylic acids is 1. The summed E-state index contributed by atoms with van der Waals surface area (Å²) in [5.74, 6) is -1.49. The van der Waals surface area contributed by atoms with E-state index in [9.17, 15) is 19.3 Å². The molecule has 0 radical (unpaired) electrons. The number of nitrogen functional groups attached to an aromatic ring is 1. The molecule has 0 spiro atoms. The van der Waals surface area contributed by atoms with Crippen LogP contribution in [-0.2, 0) is 0 Å². The second-order valence-corrected chi connectivity index (χ2v) is 3.59. The van der Waals surface area contributed by atoms with Crippen LogP contribution < -0.4 is 5.73 Å². The first-order valence-electron chi connectivity index (χ1n) is 5.45. The van der Waals surface area contributed by atoms with Crippen LogP contribution in [0.4, 0.5) is 15.8 Å². The molecule has 0 aliphatic rings. The summed E-state index contributed by atoms with van der Waals surface area (Å²) in [6.07, 6.45) is 0. The fourth-order valence-electron chi connectivity index (χ4n) is 1.63. The molecule has 0 fully saturated rings.